The normalized spacial score (nSPS) is 19.9. The van der Waals surface area contributed by atoms with Crippen LogP contribution in [0.1, 0.15) is 38.4 Å². The molecular formula is C10H18N4. The fourth-order valence-corrected chi connectivity index (χ4v) is 2.07. The van der Waals surface area contributed by atoms with E-state index in [9.17, 15) is 0 Å². The van der Waals surface area contributed by atoms with Crippen LogP contribution in [0.2, 0.25) is 0 Å². The molecule has 0 radical (unpaired) electrons. The van der Waals surface area contributed by atoms with E-state index in [1.54, 1.807) is 0 Å². The molecule has 1 aliphatic rings. The monoisotopic (exact) mass is 194 g/mol. The topological polar surface area (TPSA) is 42.7 Å². The van der Waals surface area contributed by atoms with Gasteiger partial charge in [0, 0.05) is 12.6 Å². The van der Waals surface area contributed by atoms with Crippen LogP contribution in [0.5, 0.6) is 0 Å². The molecule has 0 bridgehead atoms. The molecule has 1 aromatic heterocycles. The molecule has 1 aromatic rings. The number of anilines is 1. The Hall–Kier alpha value is -1.06. The van der Waals surface area contributed by atoms with Gasteiger partial charge < -0.3 is 9.88 Å². The van der Waals surface area contributed by atoms with E-state index < -0.39 is 0 Å². The van der Waals surface area contributed by atoms with Gasteiger partial charge in [0.25, 0.3) is 0 Å². The molecule has 2 rings (SSSR count). The van der Waals surface area contributed by atoms with Gasteiger partial charge in [-0.25, -0.2) is 0 Å². The van der Waals surface area contributed by atoms with Crippen LogP contribution in [0.25, 0.3) is 0 Å². The first-order chi connectivity index (χ1) is 6.61. The molecule has 14 heavy (non-hydrogen) atoms. The summed E-state index contributed by atoms with van der Waals surface area (Å²) in [6, 6.07) is 0. The third-order valence-electron chi connectivity index (χ3n) is 3.21. The summed E-state index contributed by atoms with van der Waals surface area (Å²) < 4.78 is 2.00. The molecule has 4 heteroatoms. The highest BCUT2D eigenvalue weighted by Gasteiger charge is 2.29. The Labute approximate surface area is 84.7 Å². The first-order valence-corrected chi connectivity index (χ1v) is 5.25. The van der Waals surface area contributed by atoms with Crippen molar-refractivity contribution in [2.24, 2.45) is 7.05 Å². The zero-order chi connectivity index (χ0) is 10.2. The lowest BCUT2D eigenvalue weighted by molar-refractivity contribution is 0.524. The second-order valence-corrected chi connectivity index (χ2v) is 4.52. The van der Waals surface area contributed by atoms with Crippen molar-refractivity contribution in [3.63, 3.8) is 0 Å². The van der Waals surface area contributed by atoms with Crippen LogP contribution in [0.3, 0.4) is 0 Å². The zero-order valence-corrected chi connectivity index (χ0v) is 9.17. The average Bonchev–Trinajstić information content (AvgIpc) is 2.68. The summed E-state index contributed by atoms with van der Waals surface area (Å²) in [5.74, 6) is 1.85. The van der Waals surface area contributed by atoms with Crippen LogP contribution in [0.15, 0.2) is 0 Å². The lowest BCUT2D eigenvalue weighted by Gasteiger charge is -2.25. The van der Waals surface area contributed by atoms with Crippen LogP contribution in [0.4, 0.5) is 5.95 Å². The van der Waals surface area contributed by atoms with E-state index in [0.29, 0.717) is 0 Å². The molecule has 0 unspecified atom stereocenters. The molecule has 0 aliphatic heterocycles. The molecule has 1 N–H and O–H groups in total. The Morgan fingerprint density at radius 3 is 2.43 bits per heavy atom. The summed E-state index contributed by atoms with van der Waals surface area (Å²) in [6.07, 6.45) is 5.11. The number of aromatic nitrogens is 3. The first kappa shape index (κ1) is 9.49. The molecule has 0 saturated heterocycles. The summed E-state index contributed by atoms with van der Waals surface area (Å²) >= 11 is 0. The fraction of sp³-hybridized carbons (Fsp3) is 0.800. The minimum Gasteiger partial charge on any atom is -0.349 e. The van der Waals surface area contributed by atoms with Crippen molar-refractivity contribution < 1.29 is 0 Å². The lowest BCUT2D eigenvalue weighted by Crippen LogP contribution is -2.32. The van der Waals surface area contributed by atoms with E-state index in [4.69, 9.17) is 0 Å². The van der Waals surface area contributed by atoms with Crippen LogP contribution in [-0.2, 0) is 7.05 Å². The minimum atomic E-state index is 0.229. The molecule has 0 aromatic carbocycles. The summed E-state index contributed by atoms with van der Waals surface area (Å²) in [5, 5.41) is 11.7. The highest BCUT2D eigenvalue weighted by atomic mass is 15.3. The molecular weight excluding hydrogens is 176 g/mol. The average molecular weight is 194 g/mol. The highest BCUT2D eigenvalue weighted by molar-refractivity contribution is 5.30. The largest absolute Gasteiger partial charge is 0.349 e. The van der Waals surface area contributed by atoms with Gasteiger partial charge in [0.2, 0.25) is 5.95 Å². The SMILES string of the molecule is Cc1nnc(NC2(C)CCCC2)n1C. The van der Waals surface area contributed by atoms with Crippen LogP contribution >= 0.6 is 0 Å². The van der Waals surface area contributed by atoms with Gasteiger partial charge in [-0.3, -0.25) is 0 Å². The highest BCUT2D eigenvalue weighted by Crippen LogP contribution is 2.31. The summed E-state index contributed by atoms with van der Waals surface area (Å²) in [6.45, 7) is 4.24. The molecule has 1 heterocycles. The molecule has 78 valence electrons. The predicted octanol–water partition coefficient (Wildman–Crippen LogP) is 1.87. The minimum absolute atomic E-state index is 0.229. The van der Waals surface area contributed by atoms with Gasteiger partial charge in [-0.05, 0) is 26.7 Å². The second-order valence-electron chi connectivity index (χ2n) is 4.52. The Bertz CT molecular complexity index is 323. The number of aryl methyl sites for hydroxylation is 1. The van der Waals surface area contributed by atoms with Crippen molar-refractivity contribution in [1.82, 2.24) is 14.8 Å². The van der Waals surface area contributed by atoms with Crippen molar-refractivity contribution in [3.8, 4) is 0 Å². The van der Waals surface area contributed by atoms with E-state index >= 15 is 0 Å². The van der Waals surface area contributed by atoms with Gasteiger partial charge in [0.05, 0.1) is 0 Å². The molecule has 1 aliphatic carbocycles. The maximum atomic E-state index is 4.13. The maximum Gasteiger partial charge on any atom is 0.224 e. The Kier molecular flexibility index (Phi) is 2.21. The van der Waals surface area contributed by atoms with Gasteiger partial charge in [-0.15, -0.1) is 10.2 Å². The summed E-state index contributed by atoms with van der Waals surface area (Å²) in [4.78, 5) is 0. The van der Waals surface area contributed by atoms with E-state index in [2.05, 4.69) is 22.4 Å². The van der Waals surface area contributed by atoms with Crippen molar-refractivity contribution in [3.05, 3.63) is 5.82 Å². The standard InChI is InChI=1S/C10H18N4/c1-8-12-13-9(14(8)3)11-10(2)6-4-5-7-10/h4-7H2,1-3H3,(H,11,13). The number of nitrogens with zero attached hydrogens (tertiary/aromatic N) is 3. The van der Waals surface area contributed by atoms with Gasteiger partial charge in [-0.1, -0.05) is 12.8 Å². The smallest absolute Gasteiger partial charge is 0.224 e. The summed E-state index contributed by atoms with van der Waals surface area (Å²) in [7, 11) is 2.00. The van der Waals surface area contributed by atoms with Crippen LogP contribution in [0, 0.1) is 6.92 Å². The lowest BCUT2D eigenvalue weighted by atomic mass is 10.0. The number of rotatable bonds is 2. The first-order valence-electron chi connectivity index (χ1n) is 5.25. The van der Waals surface area contributed by atoms with Crippen molar-refractivity contribution >= 4 is 5.95 Å². The van der Waals surface area contributed by atoms with E-state index in [1.165, 1.54) is 25.7 Å². The molecule has 0 atom stereocenters. The molecule has 4 nitrogen and oxygen atoms in total. The van der Waals surface area contributed by atoms with Crippen LogP contribution in [-0.4, -0.2) is 20.3 Å². The molecule has 1 fully saturated rings. The van der Waals surface area contributed by atoms with E-state index in [-0.39, 0.29) is 5.54 Å². The predicted molar refractivity (Wildman–Crippen MR) is 56.2 cm³/mol. The van der Waals surface area contributed by atoms with Crippen molar-refractivity contribution in [2.75, 3.05) is 5.32 Å². The Morgan fingerprint density at radius 2 is 1.93 bits per heavy atom. The van der Waals surface area contributed by atoms with E-state index in [1.807, 2.05) is 18.5 Å². The van der Waals surface area contributed by atoms with E-state index in [0.717, 1.165) is 11.8 Å². The molecule has 1 saturated carbocycles. The molecule has 0 amide bonds. The fourth-order valence-electron chi connectivity index (χ4n) is 2.07. The Balaban J connectivity index is 2.14. The van der Waals surface area contributed by atoms with Gasteiger partial charge >= 0.3 is 0 Å². The number of hydrogen-bond donors (Lipinski definition) is 1. The third-order valence-corrected chi connectivity index (χ3v) is 3.21. The summed E-state index contributed by atoms with van der Waals surface area (Å²) in [5.41, 5.74) is 0.229. The maximum absolute atomic E-state index is 4.13. The zero-order valence-electron chi connectivity index (χ0n) is 9.17. The number of hydrogen-bond acceptors (Lipinski definition) is 3. The van der Waals surface area contributed by atoms with Crippen molar-refractivity contribution in [2.45, 2.75) is 45.1 Å². The van der Waals surface area contributed by atoms with Gasteiger partial charge in [-0.2, -0.15) is 0 Å². The second kappa shape index (κ2) is 3.26. The van der Waals surface area contributed by atoms with Crippen molar-refractivity contribution in [1.29, 1.82) is 0 Å². The quantitative estimate of drug-likeness (QED) is 0.781. The number of nitrogens with one attached hydrogen (secondary N) is 1. The van der Waals surface area contributed by atoms with Crippen LogP contribution < -0.4 is 5.32 Å². The van der Waals surface area contributed by atoms with Gasteiger partial charge in [0.1, 0.15) is 5.82 Å². The Morgan fingerprint density at radius 1 is 1.29 bits per heavy atom. The van der Waals surface area contributed by atoms with Gasteiger partial charge in [0.15, 0.2) is 0 Å². The third kappa shape index (κ3) is 1.61. The molecule has 0 spiro atoms.